The molecule has 0 radical (unpaired) electrons. The van der Waals surface area contributed by atoms with E-state index in [1.54, 1.807) is 16.7 Å². The van der Waals surface area contributed by atoms with E-state index in [4.69, 9.17) is 0 Å². The molecule has 1 nitrogen and oxygen atoms in total. The second-order valence-corrected chi connectivity index (χ2v) is 4.58. The van der Waals surface area contributed by atoms with Gasteiger partial charge in [0, 0.05) is 15.5 Å². The Balaban J connectivity index is 2.36. The molecule has 0 amide bonds. The molecule has 3 aromatic rings. The molecule has 0 bridgehead atoms. The van der Waals surface area contributed by atoms with Gasteiger partial charge in [-0.15, -0.1) is 11.3 Å². The van der Waals surface area contributed by atoms with Crippen LogP contribution in [0.3, 0.4) is 0 Å². The van der Waals surface area contributed by atoms with Crippen molar-refractivity contribution in [1.82, 2.24) is 0 Å². The maximum atomic E-state index is 9.86. The van der Waals surface area contributed by atoms with Gasteiger partial charge in [-0.3, -0.25) is 0 Å². The Hall–Kier alpha value is -1.80. The average Bonchev–Trinajstić information content (AvgIpc) is 2.73. The zero-order chi connectivity index (χ0) is 11.0. The number of hydrogen-bond donors (Lipinski definition) is 1. The molecule has 0 unspecified atom stereocenters. The van der Waals surface area contributed by atoms with Crippen molar-refractivity contribution in [3.8, 4) is 16.9 Å². The van der Waals surface area contributed by atoms with Crippen LogP contribution in [0.2, 0.25) is 0 Å². The average molecular weight is 226 g/mol. The Kier molecular flexibility index (Phi) is 2.15. The Morgan fingerprint density at radius 2 is 1.69 bits per heavy atom. The van der Waals surface area contributed by atoms with Crippen LogP contribution in [0, 0.1) is 0 Å². The molecule has 1 N–H and O–H groups in total. The molecule has 1 aromatic heterocycles. The van der Waals surface area contributed by atoms with Crippen molar-refractivity contribution in [1.29, 1.82) is 0 Å². The maximum absolute atomic E-state index is 9.86. The van der Waals surface area contributed by atoms with Crippen LogP contribution in [0.5, 0.6) is 5.75 Å². The molecule has 0 fully saturated rings. The summed E-state index contributed by atoms with van der Waals surface area (Å²) in [6.45, 7) is 0. The highest BCUT2D eigenvalue weighted by Crippen LogP contribution is 2.38. The number of aromatic hydroxyl groups is 1. The Morgan fingerprint density at radius 3 is 2.50 bits per heavy atom. The summed E-state index contributed by atoms with van der Waals surface area (Å²) >= 11 is 1.57. The molecule has 0 saturated carbocycles. The van der Waals surface area contributed by atoms with Crippen LogP contribution in [0.4, 0.5) is 0 Å². The normalized spacial score (nSPS) is 10.8. The van der Waals surface area contributed by atoms with E-state index in [1.165, 1.54) is 0 Å². The highest BCUT2D eigenvalue weighted by atomic mass is 32.1. The summed E-state index contributed by atoms with van der Waals surface area (Å²) in [4.78, 5) is 0. The molecule has 0 aliphatic heterocycles. The van der Waals surface area contributed by atoms with Gasteiger partial charge in [0.05, 0.1) is 0 Å². The summed E-state index contributed by atoms with van der Waals surface area (Å²) in [5.41, 5.74) is 2.23. The largest absolute Gasteiger partial charge is 0.506 e. The van der Waals surface area contributed by atoms with Crippen LogP contribution in [0.1, 0.15) is 0 Å². The number of fused-ring (bicyclic) bond motifs is 1. The van der Waals surface area contributed by atoms with E-state index in [0.717, 1.165) is 21.2 Å². The Bertz CT molecular complexity index is 626. The number of benzene rings is 2. The molecule has 16 heavy (non-hydrogen) atoms. The van der Waals surface area contributed by atoms with Gasteiger partial charge in [-0.05, 0) is 17.2 Å². The van der Waals surface area contributed by atoms with E-state index in [0.29, 0.717) is 5.75 Å². The van der Waals surface area contributed by atoms with Gasteiger partial charge in [0.25, 0.3) is 0 Å². The van der Waals surface area contributed by atoms with Gasteiger partial charge in [-0.2, -0.15) is 0 Å². The molecule has 0 saturated heterocycles. The van der Waals surface area contributed by atoms with Crippen molar-refractivity contribution < 1.29 is 5.11 Å². The van der Waals surface area contributed by atoms with Crippen LogP contribution < -0.4 is 0 Å². The number of rotatable bonds is 1. The lowest BCUT2D eigenvalue weighted by Crippen LogP contribution is -1.77. The van der Waals surface area contributed by atoms with Gasteiger partial charge in [0.2, 0.25) is 0 Å². The summed E-state index contributed by atoms with van der Waals surface area (Å²) in [6, 6.07) is 16.3. The fourth-order valence-electron chi connectivity index (χ4n) is 1.93. The van der Waals surface area contributed by atoms with Crippen LogP contribution in [0.15, 0.2) is 53.9 Å². The second-order valence-electron chi connectivity index (χ2n) is 3.67. The SMILES string of the molecule is Oc1csc2cccc(-c3ccccc3)c12. The lowest BCUT2D eigenvalue weighted by atomic mass is 10.0. The molecule has 2 heteroatoms. The fourth-order valence-corrected chi connectivity index (χ4v) is 2.78. The molecular weight excluding hydrogens is 216 g/mol. The monoisotopic (exact) mass is 226 g/mol. The smallest absolute Gasteiger partial charge is 0.134 e. The lowest BCUT2D eigenvalue weighted by Gasteiger charge is -2.03. The first-order valence-electron chi connectivity index (χ1n) is 5.11. The Morgan fingerprint density at radius 1 is 0.875 bits per heavy atom. The van der Waals surface area contributed by atoms with Crippen molar-refractivity contribution in [3.63, 3.8) is 0 Å². The minimum Gasteiger partial charge on any atom is -0.506 e. The van der Waals surface area contributed by atoms with Gasteiger partial charge < -0.3 is 5.11 Å². The van der Waals surface area contributed by atoms with Crippen LogP contribution in [-0.2, 0) is 0 Å². The first-order valence-corrected chi connectivity index (χ1v) is 5.99. The zero-order valence-electron chi connectivity index (χ0n) is 8.55. The van der Waals surface area contributed by atoms with Gasteiger partial charge in [-0.1, -0.05) is 42.5 Å². The van der Waals surface area contributed by atoms with Gasteiger partial charge in [0.1, 0.15) is 5.75 Å². The van der Waals surface area contributed by atoms with E-state index in [2.05, 4.69) is 12.1 Å². The van der Waals surface area contributed by atoms with Crippen LogP contribution in [0.25, 0.3) is 21.2 Å². The third-order valence-corrected chi connectivity index (χ3v) is 3.60. The fraction of sp³-hybridized carbons (Fsp3) is 0. The van der Waals surface area contributed by atoms with Crippen molar-refractivity contribution in [2.45, 2.75) is 0 Å². The van der Waals surface area contributed by atoms with Crippen molar-refractivity contribution in [2.24, 2.45) is 0 Å². The summed E-state index contributed by atoms with van der Waals surface area (Å²) in [5.74, 6) is 0.374. The summed E-state index contributed by atoms with van der Waals surface area (Å²) in [7, 11) is 0. The number of thiophene rings is 1. The minimum absolute atomic E-state index is 0.374. The summed E-state index contributed by atoms with van der Waals surface area (Å²) < 4.78 is 1.12. The summed E-state index contributed by atoms with van der Waals surface area (Å²) in [6.07, 6.45) is 0. The minimum atomic E-state index is 0.374. The Labute approximate surface area is 97.6 Å². The zero-order valence-corrected chi connectivity index (χ0v) is 9.37. The van der Waals surface area contributed by atoms with E-state index in [-0.39, 0.29) is 0 Å². The molecule has 2 aromatic carbocycles. The predicted octanol–water partition coefficient (Wildman–Crippen LogP) is 4.27. The van der Waals surface area contributed by atoms with Crippen LogP contribution in [-0.4, -0.2) is 5.11 Å². The topological polar surface area (TPSA) is 20.2 Å². The lowest BCUT2D eigenvalue weighted by molar-refractivity contribution is 0.484. The first-order chi connectivity index (χ1) is 7.86. The van der Waals surface area contributed by atoms with E-state index < -0.39 is 0 Å². The van der Waals surface area contributed by atoms with Gasteiger partial charge in [0.15, 0.2) is 0 Å². The van der Waals surface area contributed by atoms with Gasteiger partial charge in [-0.25, -0.2) is 0 Å². The molecule has 0 aliphatic rings. The molecule has 3 rings (SSSR count). The standard InChI is InChI=1S/C14H10OS/c15-12-9-16-13-8-4-7-11(14(12)13)10-5-2-1-3-6-10/h1-9,15H. The molecule has 0 spiro atoms. The molecule has 1 heterocycles. The third-order valence-electron chi connectivity index (χ3n) is 2.66. The second kappa shape index (κ2) is 3.65. The summed E-state index contributed by atoms with van der Waals surface area (Å²) in [5, 5.41) is 12.6. The van der Waals surface area contributed by atoms with E-state index in [9.17, 15) is 5.11 Å². The quantitative estimate of drug-likeness (QED) is 0.656. The van der Waals surface area contributed by atoms with Crippen molar-refractivity contribution in [2.75, 3.05) is 0 Å². The highest BCUT2D eigenvalue weighted by molar-refractivity contribution is 7.17. The van der Waals surface area contributed by atoms with Gasteiger partial charge >= 0.3 is 0 Å². The molecular formula is C14H10OS. The number of hydrogen-bond acceptors (Lipinski definition) is 2. The van der Waals surface area contributed by atoms with E-state index >= 15 is 0 Å². The van der Waals surface area contributed by atoms with Crippen LogP contribution >= 0.6 is 11.3 Å². The third kappa shape index (κ3) is 1.39. The molecule has 0 atom stereocenters. The van der Waals surface area contributed by atoms with Crippen molar-refractivity contribution >= 4 is 21.4 Å². The van der Waals surface area contributed by atoms with E-state index in [1.807, 2.05) is 36.4 Å². The predicted molar refractivity (Wildman–Crippen MR) is 68.9 cm³/mol. The maximum Gasteiger partial charge on any atom is 0.134 e. The highest BCUT2D eigenvalue weighted by Gasteiger charge is 2.08. The van der Waals surface area contributed by atoms with Crippen molar-refractivity contribution in [3.05, 3.63) is 53.9 Å². The molecule has 0 aliphatic carbocycles. The molecule has 78 valence electrons. The first kappa shape index (κ1) is 9.43.